The number of hydrogen-bond acceptors (Lipinski definition) is 5. The van der Waals surface area contributed by atoms with Gasteiger partial charge in [-0.2, -0.15) is 8.78 Å². The number of nitrogens with two attached hydrogens (primary N) is 1. The van der Waals surface area contributed by atoms with Gasteiger partial charge in [0.1, 0.15) is 18.4 Å². The van der Waals surface area contributed by atoms with Crippen molar-refractivity contribution in [2.75, 3.05) is 6.61 Å². The van der Waals surface area contributed by atoms with Crippen molar-refractivity contribution in [2.45, 2.75) is 24.1 Å². The van der Waals surface area contributed by atoms with Crippen LogP contribution in [0.15, 0.2) is 24.3 Å². The second kappa shape index (κ2) is 4.39. The van der Waals surface area contributed by atoms with Crippen molar-refractivity contribution >= 4 is 0 Å². The molecule has 0 aliphatic carbocycles. The van der Waals surface area contributed by atoms with Gasteiger partial charge in [-0.15, -0.1) is 0 Å². The molecule has 1 unspecified atom stereocenters. The zero-order valence-corrected chi connectivity index (χ0v) is 9.75. The number of halogens is 2. The minimum absolute atomic E-state index is 0.0194. The number of aliphatic hydroxyl groups is 1. The zero-order valence-electron chi connectivity index (χ0n) is 9.75. The standard InChI is InChI=1S/C11H12F2N2O4/c12-10(13,6-16)11(15(17)18)9(14)5-7-3-1-2-4-8(7)19-11/h1-4,9,16H,5-6,14H2/t9?,11-/m1/s1. The van der Waals surface area contributed by atoms with Crippen LogP contribution in [0.3, 0.4) is 0 Å². The molecule has 0 amide bonds. The van der Waals surface area contributed by atoms with Gasteiger partial charge in [0.2, 0.25) is 0 Å². The molecule has 0 fully saturated rings. The molecule has 1 aliphatic heterocycles. The van der Waals surface area contributed by atoms with Gasteiger partial charge in [0.05, 0.1) is 4.92 Å². The van der Waals surface area contributed by atoms with Crippen LogP contribution in [0, 0.1) is 10.1 Å². The molecule has 0 bridgehead atoms. The summed E-state index contributed by atoms with van der Waals surface area (Å²) in [5.74, 6) is -4.11. The van der Waals surface area contributed by atoms with Crippen LogP contribution in [0.25, 0.3) is 0 Å². The third-order valence-electron chi connectivity index (χ3n) is 3.17. The number of alkyl halides is 2. The van der Waals surface area contributed by atoms with Gasteiger partial charge >= 0.3 is 11.6 Å². The molecule has 0 saturated carbocycles. The van der Waals surface area contributed by atoms with Crippen molar-refractivity contribution in [1.82, 2.24) is 0 Å². The molecule has 1 heterocycles. The lowest BCUT2D eigenvalue weighted by molar-refractivity contribution is -0.653. The van der Waals surface area contributed by atoms with Crippen molar-refractivity contribution in [3.63, 3.8) is 0 Å². The number of hydrogen-bond donors (Lipinski definition) is 2. The first-order valence-electron chi connectivity index (χ1n) is 5.51. The number of rotatable bonds is 3. The molecule has 0 aromatic heterocycles. The van der Waals surface area contributed by atoms with Gasteiger partial charge in [-0.25, -0.2) is 0 Å². The molecule has 2 atom stereocenters. The highest BCUT2D eigenvalue weighted by Crippen LogP contribution is 2.41. The lowest BCUT2D eigenvalue weighted by Crippen LogP contribution is -2.71. The second-order valence-corrected chi connectivity index (χ2v) is 4.34. The van der Waals surface area contributed by atoms with Gasteiger partial charge in [-0.1, -0.05) is 18.2 Å². The van der Waals surface area contributed by atoms with E-state index in [9.17, 15) is 18.9 Å². The summed E-state index contributed by atoms with van der Waals surface area (Å²) in [6, 6.07) is 4.54. The van der Waals surface area contributed by atoms with Gasteiger partial charge in [0.25, 0.3) is 0 Å². The van der Waals surface area contributed by atoms with E-state index in [1.165, 1.54) is 12.1 Å². The van der Waals surface area contributed by atoms with E-state index in [0.29, 0.717) is 5.56 Å². The minimum atomic E-state index is -4.09. The molecular weight excluding hydrogens is 262 g/mol. The first kappa shape index (κ1) is 13.6. The van der Waals surface area contributed by atoms with Crippen LogP contribution in [0.1, 0.15) is 5.56 Å². The van der Waals surface area contributed by atoms with Crippen LogP contribution in [0.4, 0.5) is 8.78 Å². The van der Waals surface area contributed by atoms with Crippen molar-refractivity contribution in [1.29, 1.82) is 0 Å². The van der Waals surface area contributed by atoms with Gasteiger partial charge < -0.3 is 15.6 Å². The predicted molar refractivity (Wildman–Crippen MR) is 60.5 cm³/mol. The topological polar surface area (TPSA) is 98.6 Å². The van der Waals surface area contributed by atoms with E-state index in [-0.39, 0.29) is 12.2 Å². The van der Waals surface area contributed by atoms with Gasteiger partial charge in [0.15, 0.2) is 0 Å². The van der Waals surface area contributed by atoms with Crippen LogP contribution >= 0.6 is 0 Å². The molecule has 6 nitrogen and oxygen atoms in total. The normalized spacial score (nSPS) is 26.4. The molecular formula is C11H12F2N2O4. The average molecular weight is 274 g/mol. The molecule has 0 spiro atoms. The average Bonchev–Trinajstić information content (AvgIpc) is 2.37. The molecule has 0 saturated heterocycles. The van der Waals surface area contributed by atoms with Crippen molar-refractivity contribution in [3.8, 4) is 5.75 Å². The molecule has 2 rings (SSSR count). The summed E-state index contributed by atoms with van der Waals surface area (Å²) < 4.78 is 32.5. The maximum absolute atomic E-state index is 13.8. The Hall–Kier alpha value is -1.80. The quantitative estimate of drug-likeness (QED) is 0.619. The maximum atomic E-state index is 13.8. The van der Waals surface area contributed by atoms with Gasteiger partial charge in [-0.3, -0.25) is 10.1 Å². The molecule has 1 aliphatic rings. The van der Waals surface area contributed by atoms with Crippen LogP contribution in [-0.4, -0.2) is 34.3 Å². The summed E-state index contributed by atoms with van der Waals surface area (Å²) in [6.07, 6.45) is -0.132. The number of benzene rings is 1. The van der Waals surface area contributed by atoms with E-state index >= 15 is 0 Å². The fourth-order valence-corrected chi connectivity index (χ4v) is 2.16. The fraction of sp³-hybridized carbons (Fsp3) is 0.455. The molecule has 1 aromatic carbocycles. The Balaban J connectivity index is 2.55. The maximum Gasteiger partial charge on any atom is 0.444 e. The first-order chi connectivity index (χ1) is 8.85. The van der Waals surface area contributed by atoms with Crippen LogP contribution in [0.5, 0.6) is 5.75 Å². The third kappa shape index (κ3) is 1.83. The Labute approximate surface area is 106 Å². The van der Waals surface area contributed by atoms with E-state index < -0.39 is 29.2 Å². The highest BCUT2D eigenvalue weighted by molar-refractivity contribution is 5.37. The Kier molecular flexibility index (Phi) is 3.15. The largest absolute Gasteiger partial charge is 0.444 e. The number of nitrogens with zero attached hydrogens (tertiary/aromatic N) is 1. The molecule has 0 radical (unpaired) electrons. The Morgan fingerprint density at radius 3 is 2.79 bits per heavy atom. The van der Waals surface area contributed by atoms with Gasteiger partial charge in [-0.05, 0) is 11.6 Å². The van der Waals surface area contributed by atoms with E-state index in [0.717, 1.165) is 0 Å². The number of para-hydroxylation sites is 1. The van der Waals surface area contributed by atoms with E-state index in [4.69, 9.17) is 15.6 Å². The first-order valence-corrected chi connectivity index (χ1v) is 5.51. The SMILES string of the molecule is NC1Cc2ccccc2O[C@@]1([N+](=O)[O-])C(F)(F)CO. The molecule has 19 heavy (non-hydrogen) atoms. The summed E-state index contributed by atoms with van der Waals surface area (Å²) in [7, 11) is 0. The lowest BCUT2D eigenvalue weighted by Gasteiger charge is -2.38. The number of ether oxygens (including phenoxy) is 1. The van der Waals surface area contributed by atoms with Crippen molar-refractivity contribution in [3.05, 3.63) is 39.9 Å². The molecule has 8 heteroatoms. The highest BCUT2D eigenvalue weighted by atomic mass is 19.3. The van der Waals surface area contributed by atoms with Crippen LogP contribution < -0.4 is 10.5 Å². The van der Waals surface area contributed by atoms with E-state index in [1.54, 1.807) is 12.1 Å². The number of fused-ring (bicyclic) bond motifs is 1. The van der Waals surface area contributed by atoms with Crippen LogP contribution in [0.2, 0.25) is 0 Å². The van der Waals surface area contributed by atoms with Crippen molar-refractivity contribution in [2.24, 2.45) is 5.73 Å². The fourth-order valence-electron chi connectivity index (χ4n) is 2.16. The van der Waals surface area contributed by atoms with Crippen LogP contribution in [-0.2, 0) is 6.42 Å². The number of aliphatic hydroxyl groups excluding tert-OH is 1. The third-order valence-corrected chi connectivity index (χ3v) is 3.17. The van der Waals surface area contributed by atoms with Gasteiger partial charge in [0, 0.05) is 6.42 Å². The Bertz CT molecular complexity index is 511. The lowest BCUT2D eigenvalue weighted by atomic mass is 9.89. The summed E-state index contributed by atoms with van der Waals surface area (Å²) in [5, 5.41) is 19.8. The Morgan fingerprint density at radius 2 is 2.21 bits per heavy atom. The monoisotopic (exact) mass is 274 g/mol. The molecule has 3 N–H and O–H groups in total. The zero-order chi connectivity index (χ0) is 14.3. The summed E-state index contributed by atoms with van der Waals surface area (Å²) in [5.41, 5.74) is 2.89. The van der Waals surface area contributed by atoms with E-state index in [1.807, 2.05) is 0 Å². The minimum Gasteiger partial charge on any atom is -0.422 e. The predicted octanol–water partition coefficient (Wildman–Crippen LogP) is 0.549. The Morgan fingerprint density at radius 1 is 1.58 bits per heavy atom. The number of nitro groups is 1. The summed E-state index contributed by atoms with van der Waals surface area (Å²) in [6.45, 7) is -1.72. The molecule has 104 valence electrons. The molecule has 1 aromatic rings. The van der Waals surface area contributed by atoms with Crippen molar-refractivity contribution < 1.29 is 23.5 Å². The van der Waals surface area contributed by atoms with E-state index in [2.05, 4.69) is 0 Å². The summed E-state index contributed by atoms with van der Waals surface area (Å²) >= 11 is 0. The smallest absolute Gasteiger partial charge is 0.422 e. The summed E-state index contributed by atoms with van der Waals surface area (Å²) in [4.78, 5) is 9.85. The highest BCUT2D eigenvalue weighted by Gasteiger charge is 2.72. The second-order valence-electron chi connectivity index (χ2n) is 4.34.